The van der Waals surface area contributed by atoms with Gasteiger partial charge in [0.1, 0.15) is 0 Å². The molecule has 1 saturated heterocycles. The molecule has 11 heavy (non-hydrogen) atoms. The van der Waals surface area contributed by atoms with Crippen LogP contribution < -0.4 is 11.5 Å². The van der Waals surface area contributed by atoms with Gasteiger partial charge in [-0.15, -0.1) is 0 Å². The highest BCUT2D eigenvalue weighted by Gasteiger charge is 2.22. The molecule has 5 N–H and O–H groups in total. The summed E-state index contributed by atoms with van der Waals surface area (Å²) in [5.74, 6) is 0. The summed E-state index contributed by atoms with van der Waals surface area (Å²) < 4.78 is 10.6. The van der Waals surface area contributed by atoms with E-state index in [-0.39, 0.29) is 0 Å². The van der Waals surface area contributed by atoms with Gasteiger partial charge < -0.3 is 16.4 Å². The second-order valence-electron chi connectivity index (χ2n) is 2.58. The van der Waals surface area contributed by atoms with Crippen molar-refractivity contribution < 1.29 is 9.46 Å². The number of nitrogens with two attached hydrogens (primary N) is 2. The van der Waals surface area contributed by atoms with Crippen molar-refractivity contribution in [2.75, 3.05) is 25.4 Å². The van der Waals surface area contributed by atoms with Crippen LogP contribution in [0.1, 0.15) is 12.8 Å². The zero-order chi connectivity index (χ0) is 8.74. The summed E-state index contributed by atoms with van der Waals surface area (Å²) in [6.07, 6.45) is 3.03. The van der Waals surface area contributed by atoms with E-state index in [9.17, 15) is 4.57 Å². The molecule has 1 heterocycles. The van der Waals surface area contributed by atoms with Gasteiger partial charge in [0.15, 0.2) is 0 Å². The molecule has 0 saturated carbocycles. The summed E-state index contributed by atoms with van der Waals surface area (Å²) in [4.78, 5) is 8.75. The van der Waals surface area contributed by atoms with E-state index in [0.29, 0.717) is 25.4 Å². The molecule has 0 radical (unpaired) electrons. The van der Waals surface area contributed by atoms with E-state index in [1.165, 1.54) is 0 Å². The third-order valence-electron chi connectivity index (χ3n) is 1.43. The second-order valence-corrected chi connectivity index (χ2v) is 5.16. The van der Waals surface area contributed by atoms with Gasteiger partial charge >= 0.3 is 0 Å². The first-order valence-electron chi connectivity index (χ1n) is 3.83. The van der Waals surface area contributed by atoms with E-state index in [0.717, 1.165) is 12.8 Å². The molecule has 4 nitrogen and oxygen atoms in total. The Bertz CT molecular complexity index is 129. The minimum Gasteiger partial charge on any atom is -0.344 e. The Kier molecular flexibility index (Phi) is 5.78. The highest BCUT2D eigenvalue weighted by molar-refractivity contribution is 7.58. The van der Waals surface area contributed by atoms with Crippen molar-refractivity contribution in [3.05, 3.63) is 0 Å². The average Bonchev–Trinajstić information content (AvgIpc) is 2.35. The lowest BCUT2D eigenvalue weighted by atomic mass is 10.4. The van der Waals surface area contributed by atoms with E-state index in [1.807, 2.05) is 0 Å². The molecule has 0 unspecified atom stereocenters. The number of hydrogen-bond acceptors (Lipinski definition) is 3. The Labute approximate surface area is 67.4 Å². The zero-order valence-electron chi connectivity index (χ0n) is 6.70. The molecule has 1 rings (SSSR count). The van der Waals surface area contributed by atoms with Crippen LogP contribution in [0.4, 0.5) is 0 Å². The molecule has 0 aromatic heterocycles. The fourth-order valence-corrected chi connectivity index (χ4v) is 2.49. The normalized spacial score (nSPS) is 20.6. The minimum absolute atomic E-state index is 0.562. The summed E-state index contributed by atoms with van der Waals surface area (Å²) >= 11 is 0. The zero-order valence-corrected chi connectivity index (χ0v) is 7.59. The van der Waals surface area contributed by atoms with Crippen LogP contribution in [0.5, 0.6) is 0 Å². The molecule has 0 amide bonds. The molecule has 0 aromatic carbocycles. The lowest BCUT2D eigenvalue weighted by Gasteiger charge is -1.95. The molecule has 0 bridgehead atoms. The van der Waals surface area contributed by atoms with Gasteiger partial charge in [0, 0.05) is 25.4 Å². The summed E-state index contributed by atoms with van der Waals surface area (Å²) in [5.41, 5.74) is 9.81. The van der Waals surface area contributed by atoms with Crippen molar-refractivity contribution in [2.45, 2.75) is 12.8 Å². The monoisotopic (exact) mass is 180 g/mol. The second kappa shape index (κ2) is 5.72. The molecule has 0 spiro atoms. The molecule has 68 valence electrons. The molecule has 1 aliphatic heterocycles. The van der Waals surface area contributed by atoms with Crippen molar-refractivity contribution in [1.82, 2.24) is 0 Å². The predicted octanol–water partition coefficient (Wildman–Crippen LogP) is -0.0456. The van der Waals surface area contributed by atoms with Gasteiger partial charge in [-0.3, -0.25) is 4.57 Å². The van der Waals surface area contributed by atoms with Crippen LogP contribution >= 0.6 is 7.37 Å². The SMILES string of the molecule is NCCN.O=P1(O)CCCC1. The van der Waals surface area contributed by atoms with Crippen LogP contribution in [0.15, 0.2) is 0 Å². The molecular weight excluding hydrogens is 163 g/mol. The molecule has 0 atom stereocenters. The Morgan fingerprint density at radius 3 is 1.64 bits per heavy atom. The summed E-state index contributed by atoms with van der Waals surface area (Å²) in [7, 11) is -2.54. The molecule has 1 fully saturated rings. The van der Waals surface area contributed by atoms with Gasteiger partial charge in [0.2, 0.25) is 7.37 Å². The van der Waals surface area contributed by atoms with E-state index < -0.39 is 7.37 Å². The van der Waals surface area contributed by atoms with E-state index in [2.05, 4.69) is 0 Å². The number of rotatable bonds is 1. The Morgan fingerprint density at radius 2 is 1.55 bits per heavy atom. The lowest BCUT2D eigenvalue weighted by molar-refractivity contribution is 0.485. The quantitative estimate of drug-likeness (QED) is 0.494. The van der Waals surface area contributed by atoms with Gasteiger partial charge in [-0.25, -0.2) is 0 Å². The molecular formula is C6H17N2O2P. The van der Waals surface area contributed by atoms with Crippen LogP contribution in [0.25, 0.3) is 0 Å². The van der Waals surface area contributed by atoms with Crippen LogP contribution in [0, 0.1) is 0 Å². The lowest BCUT2D eigenvalue weighted by Crippen LogP contribution is -2.11. The van der Waals surface area contributed by atoms with Crippen LogP contribution in [0.3, 0.4) is 0 Å². The van der Waals surface area contributed by atoms with Crippen molar-refractivity contribution in [1.29, 1.82) is 0 Å². The van der Waals surface area contributed by atoms with Gasteiger partial charge in [0.05, 0.1) is 0 Å². The molecule has 5 heteroatoms. The maximum absolute atomic E-state index is 10.6. The van der Waals surface area contributed by atoms with Gasteiger partial charge in [-0.1, -0.05) is 0 Å². The first kappa shape index (κ1) is 11.1. The van der Waals surface area contributed by atoms with Crippen LogP contribution in [-0.4, -0.2) is 30.3 Å². The highest BCUT2D eigenvalue weighted by atomic mass is 31.2. The fraction of sp³-hybridized carbons (Fsp3) is 1.00. The molecule has 0 aromatic rings. The Morgan fingerprint density at radius 1 is 1.18 bits per heavy atom. The topological polar surface area (TPSA) is 89.3 Å². The smallest absolute Gasteiger partial charge is 0.200 e. The summed E-state index contributed by atoms with van der Waals surface area (Å²) in [6, 6.07) is 0. The van der Waals surface area contributed by atoms with E-state index >= 15 is 0 Å². The summed E-state index contributed by atoms with van der Waals surface area (Å²) in [5, 5.41) is 0. The van der Waals surface area contributed by atoms with Crippen LogP contribution in [0.2, 0.25) is 0 Å². The van der Waals surface area contributed by atoms with Crippen molar-refractivity contribution >= 4 is 7.37 Å². The largest absolute Gasteiger partial charge is 0.344 e. The predicted molar refractivity (Wildman–Crippen MR) is 46.9 cm³/mol. The first-order chi connectivity index (χ1) is 5.12. The van der Waals surface area contributed by atoms with Crippen molar-refractivity contribution in [2.24, 2.45) is 11.5 Å². The molecule has 0 aliphatic carbocycles. The minimum atomic E-state index is -2.54. The maximum Gasteiger partial charge on any atom is 0.200 e. The molecule has 1 aliphatic rings. The highest BCUT2D eigenvalue weighted by Crippen LogP contribution is 2.47. The fourth-order valence-electron chi connectivity index (χ4n) is 0.830. The van der Waals surface area contributed by atoms with Crippen LogP contribution in [-0.2, 0) is 4.57 Å². The average molecular weight is 180 g/mol. The van der Waals surface area contributed by atoms with Gasteiger partial charge in [-0.2, -0.15) is 0 Å². The van der Waals surface area contributed by atoms with Gasteiger partial charge in [-0.05, 0) is 12.8 Å². The standard InChI is InChI=1S/C4H9O2P.C2H8N2/c5-7(6)3-1-2-4-7;3-1-2-4/h1-4H2,(H,5,6);1-4H2. The third kappa shape index (κ3) is 6.51. The first-order valence-corrected chi connectivity index (χ1v) is 5.86. The third-order valence-corrected chi connectivity index (χ3v) is 3.46. The van der Waals surface area contributed by atoms with Gasteiger partial charge in [0.25, 0.3) is 0 Å². The van der Waals surface area contributed by atoms with E-state index in [4.69, 9.17) is 16.4 Å². The maximum atomic E-state index is 10.6. The van der Waals surface area contributed by atoms with Crippen molar-refractivity contribution in [3.63, 3.8) is 0 Å². The Balaban J connectivity index is 0.000000218. The number of hydrogen-bond donors (Lipinski definition) is 3. The van der Waals surface area contributed by atoms with Crippen molar-refractivity contribution in [3.8, 4) is 0 Å². The van der Waals surface area contributed by atoms with E-state index in [1.54, 1.807) is 0 Å². The Hall–Kier alpha value is 0.110. The summed E-state index contributed by atoms with van der Waals surface area (Å²) in [6.45, 7) is 1.19.